The van der Waals surface area contributed by atoms with E-state index in [1.165, 1.54) is 0 Å². The second-order valence-corrected chi connectivity index (χ2v) is 5.92. The summed E-state index contributed by atoms with van der Waals surface area (Å²) in [5, 5.41) is 4.21. The Hall–Kier alpha value is -2.35. The molecule has 2 aromatic heterocycles. The number of nitrogen functional groups attached to an aromatic ring is 1. The number of carbonyl (C=O) groups excluding carboxylic acids is 1. The largest absolute Gasteiger partial charge is 0.382 e. The minimum atomic E-state index is 0.0515. The molecular weight excluding hydrogens is 296 g/mol. The molecule has 2 N–H and O–H groups in total. The summed E-state index contributed by atoms with van der Waals surface area (Å²) in [5.41, 5.74) is 6.63. The van der Waals surface area contributed by atoms with Crippen LogP contribution >= 0.6 is 0 Å². The maximum atomic E-state index is 12.7. The lowest BCUT2D eigenvalue weighted by Crippen LogP contribution is -2.40. The molecule has 124 valence electrons. The lowest BCUT2D eigenvalue weighted by Gasteiger charge is -2.24. The number of aryl methyl sites for hydroxylation is 1. The first-order chi connectivity index (χ1) is 11.1. The van der Waals surface area contributed by atoms with Gasteiger partial charge in [0, 0.05) is 31.7 Å². The van der Waals surface area contributed by atoms with E-state index < -0.39 is 0 Å². The minimum Gasteiger partial charge on any atom is -0.382 e. The molecule has 1 aliphatic rings. The molecule has 8 nitrogen and oxygen atoms in total. The third kappa shape index (κ3) is 3.37. The van der Waals surface area contributed by atoms with E-state index in [2.05, 4.69) is 10.1 Å². The Morgan fingerprint density at radius 1 is 1.52 bits per heavy atom. The summed E-state index contributed by atoms with van der Waals surface area (Å²) in [5.74, 6) is 0.550. The molecule has 2 atom stereocenters. The normalized spacial score (nSPS) is 21.0. The van der Waals surface area contributed by atoms with Gasteiger partial charge < -0.3 is 19.9 Å². The van der Waals surface area contributed by atoms with Crippen molar-refractivity contribution < 1.29 is 9.53 Å². The molecule has 2 aromatic rings. The number of anilines is 1. The van der Waals surface area contributed by atoms with Crippen molar-refractivity contribution in [2.45, 2.75) is 38.6 Å². The van der Waals surface area contributed by atoms with Crippen LogP contribution in [0.5, 0.6) is 0 Å². The molecule has 0 aromatic carbocycles. The summed E-state index contributed by atoms with van der Waals surface area (Å²) in [6.07, 6.45) is 6.11. The molecule has 0 aliphatic carbocycles. The smallest absolute Gasteiger partial charge is 0.242 e. The van der Waals surface area contributed by atoms with Crippen molar-refractivity contribution in [1.29, 1.82) is 0 Å². The Kier molecular flexibility index (Phi) is 4.33. The number of likely N-dealkylation sites (tertiary alicyclic amines) is 1. The number of carbonyl (C=O) groups is 1. The molecule has 0 spiro atoms. The van der Waals surface area contributed by atoms with Crippen molar-refractivity contribution >= 4 is 11.7 Å². The number of nitrogens with zero attached hydrogens (tertiary/aromatic N) is 5. The lowest BCUT2D eigenvalue weighted by molar-refractivity contribution is -0.133. The lowest BCUT2D eigenvalue weighted by atomic mass is 10.2. The molecule has 1 saturated heterocycles. The van der Waals surface area contributed by atoms with Gasteiger partial charge in [0.05, 0.1) is 25.0 Å². The van der Waals surface area contributed by atoms with Crippen LogP contribution in [0.25, 0.3) is 0 Å². The second-order valence-electron chi connectivity index (χ2n) is 5.92. The van der Waals surface area contributed by atoms with Gasteiger partial charge in [0.1, 0.15) is 12.4 Å². The Labute approximate surface area is 134 Å². The van der Waals surface area contributed by atoms with Gasteiger partial charge in [0.25, 0.3) is 0 Å². The number of aromatic nitrogens is 4. The van der Waals surface area contributed by atoms with Crippen molar-refractivity contribution in [2.24, 2.45) is 0 Å². The van der Waals surface area contributed by atoms with Crippen LogP contribution in [0.1, 0.15) is 12.1 Å². The summed E-state index contributed by atoms with van der Waals surface area (Å²) in [7, 11) is 1.68. The molecule has 1 aliphatic heterocycles. The fourth-order valence-corrected chi connectivity index (χ4v) is 3.01. The fourth-order valence-electron chi connectivity index (χ4n) is 3.01. The van der Waals surface area contributed by atoms with E-state index in [9.17, 15) is 4.79 Å². The number of nitrogens with two attached hydrogens (primary N) is 1. The molecule has 0 unspecified atom stereocenters. The number of methoxy groups -OCH3 is 1. The number of hydrogen-bond acceptors (Lipinski definition) is 5. The van der Waals surface area contributed by atoms with Gasteiger partial charge in [-0.1, -0.05) is 0 Å². The molecular formula is C15H22N6O2. The van der Waals surface area contributed by atoms with Gasteiger partial charge in [-0.25, -0.2) is 4.98 Å². The van der Waals surface area contributed by atoms with Crippen molar-refractivity contribution in [3.05, 3.63) is 30.5 Å². The average molecular weight is 318 g/mol. The van der Waals surface area contributed by atoms with Gasteiger partial charge in [0.15, 0.2) is 0 Å². The first kappa shape index (κ1) is 15.5. The highest BCUT2D eigenvalue weighted by molar-refractivity contribution is 5.76. The molecule has 0 saturated carbocycles. The van der Waals surface area contributed by atoms with Crippen LogP contribution in [-0.4, -0.2) is 55.9 Å². The summed E-state index contributed by atoms with van der Waals surface area (Å²) >= 11 is 0. The third-order valence-corrected chi connectivity index (χ3v) is 4.31. The number of rotatable bonds is 5. The van der Waals surface area contributed by atoms with E-state index in [-0.39, 0.29) is 18.1 Å². The average Bonchev–Trinajstić information content (AvgIpc) is 3.21. The van der Waals surface area contributed by atoms with Gasteiger partial charge in [0.2, 0.25) is 5.91 Å². The Bertz CT molecular complexity index is 679. The molecule has 1 fully saturated rings. The zero-order valence-electron chi connectivity index (χ0n) is 13.4. The van der Waals surface area contributed by atoms with Crippen LogP contribution in [0, 0.1) is 6.92 Å². The van der Waals surface area contributed by atoms with E-state index in [1.807, 2.05) is 22.6 Å². The Morgan fingerprint density at radius 3 is 2.96 bits per heavy atom. The predicted molar refractivity (Wildman–Crippen MR) is 84.5 cm³/mol. The van der Waals surface area contributed by atoms with E-state index in [0.717, 1.165) is 12.1 Å². The first-order valence-electron chi connectivity index (χ1n) is 7.64. The standard InChI is InChI=1S/C15H22N6O2/c1-11-6-17-10-19(11)9-15(22)21-8-13(23-2)5-12(21)7-20-4-3-14(16)18-20/h3-4,6,10,12-13H,5,7-9H2,1-2H3,(H2,16,18)/t12-,13+/m0/s1. The van der Waals surface area contributed by atoms with Crippen molar-refractivity contribution in [3.63, 3.8) is 0 Å². The maximum Gasteiger partial charge on any atom is 0.242 e. The van der Waals surface area contributed by atoms with Crippen LogP contribution in [-0.2, 0) is 22.6 Å². The topological polar surface area (TPSA) is 91.2 Å². The van der Waals surface area contributed by atoms with E-state index in [4.69, 9.17) is 10.5 Å². The van der Waals surface area contributed by atoms with Crippen LogP contribution in [0.2, 0.25) is 0 Å². The van der Waals surface area contributed by atoms with Gasteiger partial charge in [-0.2, -0.15) is 5.10 Å². The Morgan fingerprint density at radius 2 is 2.35 bits per heavy atom. The predicted octanol–water partition coefficient (Wildman–Crippen LogP) is 0.286. The SMILES string of the molecule is CO[C@@H]1C[C@@H](Cn2ccc(N)n2)N(C(=O)Cn2cncc2C)C1. The third-order valence-electron chi connectivity index (χ3n) is 4.31. The van der Waals surface area contributed by atoms with E-state index in [1.54, 1.807) is 30.4 Å². The highest BCUT2D eigenvalue weighted by Crippen LogP contribution is 2.22. The summed E-state index contributed by atoms with van der Waals surface area (Å²) in [6, 6.07) is 1.81. The van der Waals surface area contributed by atoms with Crippen molar-refractivity contribution in [1.82, 2.24) is 24.2 Å². The maximum absolute atomic E-state index is 12.7. The number of imidazole rings is 1. The summed E-state index contributed by atoms with van der Waals surface area (Å²) < 4.78 is 9.09. The molecule has 0 radical (unpaired) electrons. The van der Waals surface area contributed by atoms with Crippen molar-refractivity contribution in [3.8, 4) is 0 Å². The fraction of sp³-hybridized carbons (Fsp3) is 0.533. The molecule has 3 rings (SSSR count). The van der Waals surface area contributed by atoms with Crippen LogP contribution in [0.15, 0.2) is 24.8 Å². The number of ether oxygens (including phenoxy) is 1. The molecule has 3 heterocycles. The highest BCUT2D eigenvalue weighted by Gasteiger charge is 2.35. The second kappa shape index (κ2) is 6.41. The van der Waals surface area contributed by atoms with Crippen molar-refractivity contribution in [2.75, 3.05) is 19.4 Å². The molecule has 1 amide bonds. The van der Waals surface area contributed by atoms with Gasteiger partial charge in [-0.05, 0) is 19.4 Å². The highest BCUT2D eigenvalue weighted by atomic mass is 16.5. The van der Waals surface area contributed by atoms with Gasteiger partial charge >= 0.3 is 0 Å². The van der Waals surface area contributed by atoms with Crippen LogP contribution in [0.3, 0.4) is 0 Å². The quantitative estimate of drug-likeness (QED) is 0.855. The summed E-state index contributed by atoms with van der Waals surface area (Å²) in [6.45, 7) is 3.45. The van der Waals surface area contributed by atoms with E-state index >= 15 is 0 Å². The van der Waals surface area contributed by atoms with Gasteiger partial charge in [-0.15, -0.1) is 0 Å². The zero-order valence-corrected chi connectivity index (χ0v) is 13.4. The number of amides is 1. The first-order valence-corrected chi connectivity index (χ1v) is 7.64. The minimum absolute atomic E-state index is 0.0515. The molecule has 0 bridgehead atoms. The van der Waals surface area contributed by atoms with E-state index in [0.29, 0.717) is 25.5 Å². The summed E-state index contributed by atoms with van der Waals surface area (Å²) in [4.78, 5) is 18.6. The zero-order chi connectivity index (χ0) is 16.4. The number of hydrogen-bond donors (Lipinski definition) is 1. The van der Waals surface area contributed by atoms with Crippen LogP contribution < -0.4 is 5.73 Å². The molecule has 8 heteroatoms. The Balaban J connectivity index is 1.71. The van der Waals surface area contributed by atoms with Crippen LogP contribution in [0.4, 0.5) is 5.82 Å². The monoisotopic (exact) mass is 318 g/mol. The van der Waals surface area contributed by atoms with Gasteiger partial charge in [-0.3, -0.25) is 9.48 Å². The molecule has 23 heavy (non-hydrogen) atoms.